The number of benzene rings is 1. The molecule has 0 radical (unpaired) electrons. The summed E-state index contributed by atoms with van der Waals surface area (Å²) in [6.07, 6.45) is 0. The summed E-state index contributed by atoms with van der Waals surface area (Å²) in [7, 11) is 0. The molecule has 2 N–H and O–H groups in total. The van der Waals surface area contributed by atoms with Crippen LogP contribution in [0, 0.1) is 0 Å². The van der Waals surface area contributed by atoms with Gasteiger partial charge in [0.15, 0.2) is 0 Å². The number of nitrogens with two attached hydrogens (primary N) is 1. The molecule has 0 amide bonds. The van der Waals surface area contributed by atoms with Gasteiger partial charge in [-0.25, -0.2) is 0 Å². The molecular weight excluding hydrogens is 322 g/mol. The van der Waals surface area contributed by atoms with Gasteiger partial charge in [0.1, 0.15) is 5.60 Å². The Labute approximate surface area is 152 Å². The van der Waals surface area contributed by atoms with E-state index in [4.69, 9.17) is 10.5 Å². The molecule has 1 aromatic rings. The number of esters is 1. The molecule has 0 spiro atoms. The first-order chi connectivity index (χ1) is 10.7. The molecule has 5 nitrogen and oxygen atoms in total. The van der Waals surface area contributed by atoms with Gasteiger partial charge >= 0.3 is 5.97 Å². The van der Waals surface area contributed by atoms with E-state index in [1.165, 1.54) is 5.56 Å². The summed E-state index contributed by atoms with van der Waals surface area (Å²) in [4.78, 5) is 16.6. The fourth-order valence-electron chi connectivity index (χ4n) is 2.93. The van der Waals surface area contributed by atoms with Gasteiger partial charge in [0.05, 0.1) is 6.54 Å². The van der Waals surface area contributed by atoms with Crippen LogP contribution in [0.1, 0.15) is 33.3 Å². The quantitative estimate of drug-likeness (QED) is 0.664. The van der Waals surface area contributed by atoms with Crippen molar-refractivity contribution in [2.75, 3.05) is 31.9 Å². The van der Waals surface area contributed by atoms with Crippen LogP contribution in [0.15, 0.2) is 24.3 Å². The lowest BCUT2D eigenvalue weighted by molar-refractivity contribution is -0.156. The molecule has 0 saturated carbocycles. The van der Waals surface area contributed by atoms with Gasteiger partial charge in [0, 0.05) is 37.9 Å². The van der Waals surface area contributed by atoms with Crippen LogP contribution >= 0.6 is 13.5 Å². The van der Waals surface area contributed by atoms with E-state index in [1.54, 1.807) is 0 Å². The van der Waals surface area contributed by atoms with Gasteiger partial charge in [0.25, 0.3) is 0 Å². The van der Waals surface area contributed by atoms with E-state index in [9.17, 15) is 4.79 Å². The topological polar surface area (TPSA) is 58.8 Å². The summed E-state index contributed by atoms with van der Waals surface area (Å²) in [5.41, 5.74) is 7.47. The summed E-state index contributed by atoms with van der Waals surface area (Å²) in [5.74, 6) is -0.144. The van der Waals surface area contributed by atoms with Gasteiger partial charge in [-0.05, 0) is 45.4 Å². The zero-order valence-electron chi connectivity index (χ0n) is 15.2. The van der Waals surface area contributed by atoms with Crippen molar-refractivity contribution in [2.24, 2.45) is 0 Å². The molecule has 2 rings (SSSR count). The highest BCUT2D eigenvalue weighted by molar-refractivity contribution is 7.59. The minimum Gasteiger partial charge on any atom is -0.459 e. The van der Waals surface area contributed by atoms with Crippen LogP contribution in [0.5, 0.6) is 0 Å². The number of carbonyl (C=O) groups excluding carboxylic acids is 1. The van der Waals surface area contributed by atoms with E-state index < -0.39 is 5.60 Å². The molecular formula is C18H31N3O2S. The van der Waals surface area contributed by atoms with Gasteiger partial charge in [-0.3, -0.25) is 14.6 Å². The first kappa shape index (κ1) is 20.8. The zero-order chi connectivity index (χ0) is 17.0. The average molecular weight is 354 g/mol. The van der Waals surface area contributed by atoms with Crippen molar-refractivity contribution in [1.82, 2.24) is 9.80 Å². The number of piperazine rings is 1. The lowest BCUT2D eigenvalue weighted by atomic mass is 10.1. The maximum Gasteiger partial charge on any atom is 0.320 e. The van der Waals surface area contributed by atoms with Crippen molar-refractivity contribution in [3.63, 3.8) is 0 Å². The van der Waals surface area contributed by atoms with Crippen molar-refractivity contribution in [2.45, 2.75) is 45.9 Å². The second-order valence-corrected chi connectivity index (χ2v) is 7.39. The number of carbonyl (C=O) groups is 1. The molecule has 0 bridgehead atoms. The van der Waals surface area contributed by atoms with E-state index in [2.05, 4.69) is 22.8 Å². The van der Waals surface area contributed by atoms with E-state index in [0.29, 0.717) is 12.6 Å². The van der Waals surface area contributed by atoms with Crippen LogP contribution < -0.4 is 5.73 Å². The first-order valence-electron chi connectivity index (χ1n) is 8.25. The van der Waals surface area contributed by atoms with Gasteiger partial charge in [-0.15, -0.1) is 0 Å². The van der Waals surface area contributed by atoms with Crippen LogP contribution in [-0.4, -0.2) is 53.6 Å². The Morgan fingerprint density at radius 1 is 1.33 bits per heavy atom. The number of nitrogen functional groups attached to an aromatic ring is 1. The largest absolute Gasteiger partial charge is 0.459 e. The summed E-state index contributed by atoms with van der Waals surface area (Å²) in [6, 6.07) is 8.43. The lowest BCUT2D eigenvalue weighted by Crippen LogP contribution is -2.52. The lowest BCUT2D eigenvalue weighted by Gasteiger charge is -2.39. The van der Waals surface area contributed by atoms with Crippen LogP contribution in [0.2, 0.25) is 0 Å². The Bertz CT molecular complexity index is 545. The van der Waals surface area contributed by atoms with Gasteiger partial charge in [-0.2, -0.15) is 13.5 Å². The Balaban J connectivity index is 0.00000288. The predicted octanol–water partition coefficient (Wildman–Crippen LogP) is 2.23. The smallest absolute Gasteiger partial charge is 0.320 e. The Kier molecular flexibility index (Phi) is 7.57. The van der Waals surface area contributed by atoms with Gasteiger partial charge in [0.2, 0.25) is 0 Å². The van der Waals surface area contributed by atoms with Crippen molar-refractivity contribution in [1.29, 1.82) is 0 Å². The van der Waals surface area contributed by atoms with Crippen LogP contribution in [-0.2, 0) is 16.1 Å². The molecule has 1 aliphatic heterocycles. The third-order valence-corrected chi connectivity index (χ3v) is 3.96. The van der Waals surface area contributed by atoms with E-state index in [1.807, 2.05) is 39.0 Å². The molecule has 1 atom stereocenters. The van der Waals surface area contributed by atoms with Gasteiger partial charge < -0.3 is 10.5 Å². The molecule has 136 valence electrons. The van der Waals surface area contributed by atoms with E-state index in [-0.39, 0.29) is 19.5 Å². The summed E-state index contributed by atoms with van der Waals surface area (Å²) in [6.45, 7) is 11.9. The number of rotatable bonds is 4. The Morgan fingerprint density at radius 2 is 2.04 bits per heavy atom. The summed E-state index contributed by atoms with van der Waals surface area (Å²) >= 11 is 0. The summed E-state index contributed by atoms with van der Waals surface area (Å²) in [5, 5.41) is 0. The minimum atomic E-state index is -0.419. The molecule has 24 heavy (non-hydrogen) atoms. The van der Waals surface area contributed by atoms with E-state index >= 15 is 0 Å². The number of hydrogen-bond donors (Lipinski definition) is 1. The van der Waals surface area contributed by atoms with Crippen LogP contribution in [0.25, 0.3) is 0 Å². The Hall–Kier alpha value is -1.24. The highest BCUT2D eigenvalue weighted by atomic mass is 32.1. The average Bonchev–Trinajstić information content (AvgIpc) is 2.40. The molecule has 0 aromatic heterocycles. The third kappa shape index (κ3) is 6.71. The molecule has 1 fully saturated rings. The maximum absolute atomic E-state index is 12.0. The van der Waals surface area contributed by atoms with Crippen molar-refractivity contribution >= 4 is 25.2 Å². The number of anilines is 1. The predicted molar refractivity (Wildman–Crippen MR) is 103 cm³/mol. The zero-order valence-corrected chi connectivity index (χ0v) is 16.2. The third-order valence-electron chi connectivity index (χ3n) is 3.96. The minimum absolute atomic E-state index is 0. The fraction of sp³-hybridized carbons (Fsp3) is 0.611. The fourth-order valence-corrected chi connectivity index (χ4v) is 2.93. The molecule has 1 unspecified atom stereocenters. The normalized spacial score (nSPS) is 19.6. The molecule has 6 heteroatoms. The maximum atomic E-state index is 12.0. The molecule has 1 aliphatic rings. The van der Waals surface area contributed by atoms with Crippen molar-refractivity contribution < 1.29 is 9.53 Å². The summed E-state index contributed by atoms with van der Waals surface area (Å²) < 4.78 is 5.40. The second kappa shape index (κ2) is 8.74. The van der Waals surface area contributed by atoms with Crippen molar-refractivity contribution in [3.05, 3.63) is 29.8 Å². The highest BCUT2D eigenvalue weighted by Gasteiger charge is 2.26. The van der Waals surface area contributed by atoms with E-state index in [0.717, 1.165) is 31.9 Å². The SMILES string of the molecule is CC1CN(CC(=O)OC(C)(C)C)CCN1Cc1cccc(N)c1.S. The number of ether oxygens (including phenoxy) is 1. The molecule has 1 saturated heterocycles. The molecule has 1 aromatic carbocycles. The monoisotopic (exact) mass is 353 g/mol. The first-order valence-corrected chi connectivity index (χ1v) is 8.25. The number of nitrogens with zero attached hydrogens (tertiary/aromatic N) is 2. The molecule has 0 aliphatic carbocycles. The highest BCUT2D eigenvalue weighted by Crippen LogP contribution is 2.16. The standard InChI is InChI=1S/C18H29N3O2.H2S/c1-14-11-20(13-17(22)23-18(2,3)4)8-9-21(14)12-15-6-5-7-16(19)10-15;/h5-7,10,14H,8-9,11-13,19H2,1-4H3;1H2. The number of hydrogen-bond acceptors (Lipinski definition) is 5. The van der Waals surface area contributed by atoms with Gasteiger partial charge in [-0.1, -0.05) is 12.1 Å². The second-order valence-electron chi connectivity index (χ2n) is 7.39. The van der Waals surface area contributed by atoms with Crippen LogP contribution in [0.3, 0.4) is 0 Å². The Morgan fingerprint density at radius 3 is 2.62 bits per heavy atom. The van der Waals surface area contributed by atoms with Crippen molar-refractivity contribution in [3.8, 4) is 0 Å². The van der Waals surface area contributed by atoms with Crippen LogP contribution in [0.4, 0.5) is 5.69 Å². The molecule has 1 heterocycles.